The number of hydrogen-bond donors (Lipinski definition) is 2. The van der Waals surface area contributed by atoms with Gasteiger partial charge >= 0.3 is 23.9 Å². The fourth-order valence-corrected chi connectivity index (χ4v) is 2.33. The van der Waals surface area contributed by atoms with Crippen LogP contribution in [0, 0.1) is 0 Å². The maximum absolute atomic E-state index is 11.2. The molecule has 0 aromatic carbocycles. The van der Waals surface area contributed by atoms with Gasteiger partial charge in [-0.15, -0.1) is 0 Å². The van der Waals surface area contributed by atoms with Crippen LogP contribution < -0.4 is 0 Å². The second-order valence-electron chi connectivity index (χ2n) is 9.01. The van der Waals surface area contributed by atoms with Crippen LogP contribution in [0.3, 0.4) is 0 Å². The van der Waals surface area contributed by atoms with Gasteiger partial charge in [-0.1, -0.05) is 72.9 Å². The molecular weight excluding hydrogens is 624 g/mol. The van der Waals surface area contributed by atoms with Crippen molar-refractivity contribution in [1.29, 1.82) is 0 Å². The highest BCUT2D eigenvalue weighted by Gasteiger charge is 2.03. The van der Waals surface area contributed by atoms with E-state index in [0.29, 0.717) is 26.4 Å². The van der Waals surface area contributed by atoms with Crippen LogP contribution in [0.25, 0.3) is 0 Å². The van der Waals surface area contributed by atoms with Gasteiger partial charge in [0.15, 0.2) is 0 Å². The van der Waals surface area contributed by atoms with Crippen LogP contribution in [-0.2, 0) is 47.6 Å². The van der Waals surface area contributed by atoms with E-state index in [2.05, 4.69) is 4.74 Å². The van der Waals surface area contributed by atoms with Crippen LogP contribution in [0.1, 0.15) is 41.5 Å². The monoisotopic (exact) mass is 678 g/mol. The van der Waals surface area contributed by atoms with Gasteiger partial charge < -0.3 is 38.6 Å². The lowest BCUT2D eigenvalue weighted by molar-refractivity contribution is -0.144. The summed E-state index contributed by atoms with van der Waals surface area (Å²) in [4.78, 5) is 44.0. The van der Waals surface area contributed by atoms with Crippen LogP contribution in [-0.4, -0.2) is 99.2 Å². The number of carbonyl (C=O) groups excluding carboxylic acids is 4. The van der Waals surface area contributed by atoms with Gasteiger partial charge in [-0.3, -0.25) is 0 Å². The summed E-state index contributed by atoms with van der Waals surface area (Å²) in [5.74, 6) is -1.68. The average Bonchev–Trinajstić information content (AvgIpc) is 3.05. The molecule has 0 aliphatic heterocycles. The Morgan fingerprint density at radius 3 is 1.19 bits per heavy atom. The molecule has 270 valence electrons. The highest BCUT2D eigenvalue weighted by Crippen LogP contribution is 1.91. The molecule has 0 spiro atoms. The first-order valence-electron chi connectivity index (χ1n) is 15.4. The Kier molecular flexibility index (Phi) is 38.9. The average molecular weight is 679 g/mol. The van der Waals surface area contributed by atoms with Crippen molar-refractivity contribution in [1.82, 2.24) is 0 Å². The van der Waals surface area contributed by atoms with Crippen molar-refractivity contribution in [3.05, 3.63) is 97.2 Å². The van der Waals surface area contributed by atoms with Crippen molar-refractivity contribution in [3.63, 3.8) is 0 Å². The number of carbonyl (C=O) groups is 4. The number of rotatable bonds is 21. The fourth-order valence-electron chi connectivity index (χ4n) is 2.33. The van der Waals surface area contributed by atoms with Crippen molar-refractivity contribution < 1.29 is 57.8 Å². The summed E-state index contributed by atoms with van der Waals surface area (Å²) >= 11 is 0. The third-order valence-electron chi connectivity index (χ3n) is 4.50. The van der Waals surface area contributed by atoms with Gasteiger partial charge in [-0.25, -0.2) is 19.2 Å². The normalized spacial score (nSPS) is 12.9. The van der Waals surface area contributed by atoms with Gasteiger partial charge in [0.2, 0.25) is 0 Å². The van der Waals surface area contributed by atoms with Gasteiger partial charge in [-0.2, -0.15) is 0 Å². The standard InChI is InChI=1S/C18H26O6.2C9H14O3/c1-3-5-7-9-17(19)23-15-13-21-11-12-22-14-16-24-18(20)10-8-6-4-2;1-3-4-5-6-9(11)12-7-8(2)10;1-3-4-5-6-9(11)12-8(2)7-10/h3-10H,11-16H2,1-2H3;2*3-6,8,10H,7H2,1-2H3/b5-3+,6-4+,9-7+,10-8+;2*4-3+,6-5+. The molecule has 0 saturated heterocycles. The molecule has 0 aliphatic carbocycles. The van der Waals surface area contributed by atoms with Gasteiger partial charge in [0.05, 0.1) is 39.1 Å². The summed E-state index contributed by atoms with van der Waals surface area (Å²) in [5, 5.41) is 17.3. The maximum Gasteiger partial charge on any atom is 0.331 e. The molecule has 12 heteroatoms. The minimum absolute atomic E-state index is 0.0407. The number of aliphatic hydroxyl groups is 2. The van der Waals surface area contributed by atoms with Crippen LogP contribution in [0.2, 0.25) is 0 Å². The molecule has 2 N–H and O–H groups in total. The van der Waals surface area contributed by atoms with Crippen molar-refractivity contribution in [2.45, 2.75) is 53.8 Å². The van der Waals surface area contributed by atoms with Crippen LogP contribution in [0.4, 0.5) is 0 Å². The van der Waals surface area contributed by atoms with E-state index < -0.39 is 36.1 Å². The quantitative estimate of drug-likeness (QED) is 0.0577. The van der Waals surface area contributed by atoms with Crippen molar-refractivity contribution in [2.24, 2.45) is 0 Å². The predicted octanol–water partition coefficient (Wildman–Crippen LogP) is 4.46. The van der Waals surface area contributed by atoms with E-state index in [1.54, 1.807) is 74.6 Å². The minimum atomic E-state index is -0.607. The molecule has 48 heavy (non-hydrogen) atoms. The smallest absolute Gasteiger partial charge is 0.331 e. The topological polar surface area (TPSA) is 164 Å². The zero-order valence-electron chi connectivity index (χ0n) is 29.0. The molecule has 0 amide bonds. The second kappa shape index (κ2) is 38.8. The Morgan fingerprint density at radius 1 is 0.521 bits per heavy atom. The van der Waals surface area contributed by atoms with Gasteiger partial charge in [0, 0.05) is 24.3 Å². The number of hydrogen-bond acceptors (Lipinski definition) is 12. The van der Waals surface area contributed by atoms with E-state index in [1.807, 2.05) is 39.8 Å². The zero-order chi connectivity index (χ0) is 36.7. The summed E-state index contributed by atoms with van der Waals surface area (Å²) in [6.45, 7) is 12.2. The molecule has 0 radical (unpaired) electrons. The Bertz CT molecular complexity index is 1020. The number of allylic oxidation sites excluding steroid dienone is 12. The maximum atomic E-state index is 11.2. The Hall–Kier alpha value is -4.36. The van der Waals surface area contributed by atoms with Crippen molar-refractivity contribution in [3.8, 4) is 0 Å². The van der Waals surface area contributed by atoms with Crippen molar-refractivity contribution in [2.75, 3.05) is 52.9 Å². The van der Waals surface area contributed by atoms with Crippen LogP contribution in [0.15, 0.2) is 97.2 Å². The molecule has 0 aromatic heterocycles. The lowest BCUT2D eigenvalue weighted by Crippen LogP contribution is -2.16. The zero-order valence-corrected chi connectivity index (χ0v) is 29.0. The molecule has 2 atom stereocenters. The first-order chi connectivity index (χ1) is 23.1. The van der Waals surface area contributed by atoms with E-state index in [9.17, 15) is 19.2 Å². The second-order valence-corrected chi connectivity index (χ2v) is 9.01. The summed E-state index contributed by atoms with van der Waals surface area (Å²) in [5.41, 5.74) is 0. The molecule has 0 rings (SSSR count). The number of ether oxygens (including phenoxy) is 6. The van der Waals surface area contributed by atoms with E-state index in [0.717, 1.165) is 0 Å². The lowest BCUT2D eigenvalue weighted by atomic mass is 10.4. The Labute approximate surface area is 285 Å². The summed E-state index contributed by atoms with van der Waals surface area (Å²) in [6.07, 6.45) is 24.8. The molecule has 0 saturated carbocycles. The van der Waals surface area contributed by atoms with E-state index in [-0.39, 0.29) is 26.4 Å². The molecule has 12 nitrogen and oxygen atoms in total. The molecule has 0 aromatic rings. The highest BCUT2D eigenvalue weighted by atomic mass is 16.6. The SMILES string of the molecule is C/C=C/C=C/C(=O)OC(C)CO.C/C=C/C=C/C(=O)OCC(C)O.C/C=C/C=C/C(=O)OCCOCCOCCOC(=O)/C=C/C=C/C. The lowest BCUT2D eigenvalue weighted by Gasteiger charge is -2.06. The third-order valence-corrected chi connectivity index (χ3v) is 4.50. The summed E-state index contributed by atoms with van der Waals surface area (Å²) in [7, 11) is 0. The largest absolute Gasteiger partial charge is 0.460 e. The van der Waals surface area contributed by atoms with E-state index in [1.165, 1.54) is 24.3 Å². The minimum Gasteiger partial charge on any atom is -0.460 e. The molecule has 0 fully saturated rings. The predicted molar refractivity (Wildman–Crippen MR) is 185 cm³/mol. The molecule has 0 aliphatic rings. The van der Waals surface area contributed by atoms with Crippen LogP contribution in [0.5, 0.6) is 0 Å². The molecule has 2 unspecified atom stereocenters. The fraction of sp³-hybridized carbons (Fsp3) is 0.444. The van der Waals surface area contributed by atoms with Crippen LogP contribution >= 0.6 is 0 Å². The Morgan fingerprint density at radius 2 is 0.854 bits per heavy atom. The first-order valence-corrected chi connectivity index (χ1v) is 15.4. The van der Waals surface area contributed by atoms with E-state index in [4.69, 9.17) is 33.9 Å². The van der Waals surface area contributed by atoms with Gasteiger partial charge in [0.1, 0.15) is 25.9 Å². The summed E-state index contributed by atoms with van der Waals surface area (Å²) in [6, 6.07) is 0. The van der Waals surface area contributed by atoms with Gasteiger partial charge in [0.25, 0.3) is 0 Å². The van der Waals surface area contributed by atoms with E-state index >= 15 is 0 Å². The molecule has 0 bridgehead atoms. The third kappa shape index (κ3) is 43.8. The Balaban J connectivity index is -0.000000706. The molecular formula is C36H54O12. The summed E-state index contributed by atoms with van der Waals surface area (Å²) < 4.78 is 29.7. The first kappa shape index (κ1) is 48.0. The van der Waals surface area contributed by atoms with Gasteiger partial charge in [-0.05, 0) is 41.5 Å². The highest BCUT2D eigenvalue weighted by molar-refractivity contribution is 5.83. The molecule has 0 heterocycles. The van der Waals surface area contributed by atoms with Crippen molar-refractivity contribution >= 4 is 23.9 Å². The number of aliphatic hydroxyl groups excluding tert-OH is 2. The number of esters is 4.